The Bertz CT molecular complexity index is 276. The summed E-state index contributed by atoms with van der Waals surface area (Å²) in [6.07, 6.45) is 8.43. The fraction of sp³-hybridized carbons (Fsp3) is 0.929. The lowest BCUT2D eigenvalue weighted by Crippen LogP contribution is -2.50. The minimum atomic E-state index is 0.0330. The summed E-state index contributed by atoms with van der Waals surface area (Å²) in [6, 6.07) is 0.649. The van der Waals surface area contributed by atoms with Crippen LogP contribution in [0.5, 0.6) is 0 Å². The Balaban J connectivity index is 2.10. The third-order valence-electron chi connectivity index (χ3n) is 4.46. The number of nitrogens with two attached hydrogens (primary N) is 1. The van der Waals surface area contributed by atoms with Crippen LogP contribution in [0.25, 0.3) is 0 Å². The second-order valence-corrected chi connectivity index (χ2v) is 5.74. The van der Waals surface area contributed by atoms with Gasteiger partial charge in [0.2, 0.25) is 5.91 Å². The van der Waals surface area contributed by atoms with Crippen molar-refractivity contribution in [3.63, 3.8) is 0 Å². The molecule has 0 aromatic carbocycles. The fourth-order valence-electron chi connectivity index (χ4n) is 3.45. The summed E-state index contributed by atoms with van der Waals surface area (Å²) in [6.45, 7) is 2.56. The third kappa shape index (κ3) is 3.04. The number of hydrogen-bond acceptors (Lipinski definition) is 3. The van der Waals surface area contributed by atoms with Crippen LogP contribution in [-0.4, -0.2) is 54.5 Å². The van der Waals surface area contributed by atoms with Crippen molar-refractivity contribution >= 4 is 5.91 Å². The summed E-state index contributed by atoms with van der Waals surface area (Å²) in [5, 5.41) is 0. The summed E-state index contributed by atoms with van der Waals surface area (Å²) in [5.74, 6) is 0.281. The van der Waals surface area contributed by atoms with Crippen LogP contribution in [0.15, 0.2) is 0 Å². The Morgan fingerprint density at radius 3 is 2.56 bits per heavy atom. The number of carbonyl (C=O) groups is 1. The Kier molecular flexibility index (Phi) is 5.01. The van der Waals surface area contributed by atoms with Crippen LogP contribution < -0.4 is 5.73 Å². The SMILES string of the molecule is CN1CCCN(C2CCCCC2)C(CCN)C1=O. The zero-order valence-electron chi connectivity index (χ0n) is 11.6. The Morgan fingerprint density at radius 1 is 1.17 bits per heavy atom. The van der Waals surface area contributed by atoms with Crippen LogP contribution in [0, 0.1) is 0 Å². The van der Waals surface area contributed by atoms with Crippen LogP contribution in [0.2, 0.25) is 0 Å². The van der Waals surface area contributed by atoms with E-state index in [1.807, 2.05) is 11.9 Å². The number of amides is 1. The lowest BCUT2D eigenvalue weighted by atomic mass is 9.92. The van der Waals surface area contributed by atoms with E-state index in [1.165, 1.54) is 32.1 Å². The number of carbonyl (C=O) groups excluding carboxylic acids is 1. The van der Waals surface area contributed by atoms with E-state index in [9.17, 15) is 4.79 Å². The van der Waals surface area contributed by atoms with E-state index in [-0.39, 0.29) is 11.9 Å². The first-order valence-electron chi connectivity index (χ1n) is 7.45. The van der Waals surface area contributed by atoms with Crippen LogP contribution in [0.1, 0.15) is 44.9 Å². The van der Waals surface area contributed by atoms with Gasteiger partial charge in [-0.1, -0.05) is 19.3 Å². The number of likely N-dealkylation sites (N-methyl/N-ethyl adjacent to an activating group) is 1. The molecular formula is C14H27N3O. The maximum absolute atomic E-state index is 12.4. The van der Waals surface area contributed by atoms with Crippen molar-refractivity contribution in [2.24, 2.45) is 5.73 Å². The average Bonchev–Trinajstić information content (AvgIpc) is 2.54. The third-order valence-corrected chi connectivity index (χ3v) is 4.46. The normalized spacial score (nSPS) is 28.4. The van der Waals surface area contributed by atoms with Gasteiger partial charge in [-0.25, -0.2) is 0 Å². The van der Waals surface area contributed by atoms with Gasteiger partial charge >= 0.3 is 0 Å². The molecule has 0 spiro atoms. The summed E-state index contributed by atoms with van der Waals surface area (Å²) in [4.78, 5) is 16.8. The lowest BCUT2D eigenvalue weighted by Gasteiger charge is -2.38. The summed E-state index contributed by atoms with van der Waals surface area (Å²) < 4.78 is 0. The Morgan fingerprint density at radius 2 is 1.89 bits per heavy atom. The minimum absolute atomic E-state index is 0.0330. The molecule has 0 aromatic heterocycles. The van der Waals surface area contributed by atoms with E-state index >= 15 is 0 Å². The first-order valence-corrected chi connectivity index (χ1v) is 7.45. The molecule has 104 valence electrons. The van der Waals surface area contributed by atoms with Gasteiger partial charge in [0, 0.05) is 26.2 Å². The highest BCUT2D eigenvalue weighted by Gasteiger charge is 2.34. The van der Waals surface area contributed by atoms with Crippen LogP contribution >= 0.6 is 0 Å². The van der Waals surface area contributed by atoms with Crippen LogP contribution in [-0.2, 0) is 4.79 Å². The van der Waals surface area contributed by atoms with Gasteiger partial charge in [-0.3, -0.25) is 9.69 Å². The molecule has 1 heterocycles. The van der Waals surface area contributed by atoms with Crippen molar-refractivity contribution in [1.82, 2.24) is 9.80 Å². The van der Waals surface area contributed by atoms with Gasteiger partial charge in [0.15, 0.2) is 0 Å². The molecule has 0 aromatic rings. The standard InChI is InChI=1S/C14H27N3O/c1-16-10-5-11-17(12-6-3-2-4-7-12)13(8-9-15)14(16)18/h12-13H,2-11,15H2,1H3. The molecule has 1 unspecified atom stereocenters. The number of hydrogen-bond donors (Lipinski definition) is 1. The molecule has 1 aliphatic heterocycles. The van der Waals surface area contributed by atoms with Crippen molar-refractivity contribution < 1.29 is 4.79 Å². The van der Waals surface area contributed by atoms with Gasteiger partial charge < -0.3 is 10.6 Å². The average molecular weight is 253 g/mol. The molecule has 1 atom stereocenters. The molecule has 1 aliphatic carbocycles. The molecule has 1 amide bonds. The largest absolute Gasteiger partial charge is 0.344 e. The Labute approximate surface area is 110 Å². The highest BCUT2D eigenvalue weighted by atomic mass is 16.2. The summed E-state index contributed by atoms with van der Waals surface area (Å²) in [7, 11) is 1.93. The van der Waals surface area contributed by atoms with Crippen molar-refractivity contribution in [1.29, 1.82) is 0 Å². The lowest BCUT2D eigenvalue weighted by molar-refractivity contribution is -0.135. The zero-order valence-corrected chi connectivity index (χ0v) is 11.6. The predicted octanol–water partition coefficient (Wildman–Crippen LogP) is 1.20. The van der Waals surface area contributed by atoms with Gasteiger partial charge in [-0.05, 0) is 32.2 Å². The van der Waals surface area contributed by atoms with Crippen molar-refractivity contribution in [2.45, 2.75) is 57.0 Å². The second-order valence-electron chi connectivity index (χ2n) is 5.74. The summed E-state index contributed by atoms with van der Waals surface area (Å²) >= 11 is 0. The smallest absolute Gasteiger partial charge is 0.239 e. The molecular weight excluding hydrogens is 226 g/mol. The minimum Gasteiger partial charge on any atom is -0.344 e. The van der Waals surface area contributed by atoms with Gasteiger partial charge in [-0.2, -0.15) is 0 Å². The van der Waals surface area contributed by atoms with E-state index < -0.39 is 0 Å². The quantitative estimate of drug-likeness (QED) is 0.822. The number of rotatable bonds is 3. The van der Waals surface area contributed by atoms with E-state index in [0.717, 1.165) is 25.9 Å². The monoisotopic (exact) mass is 253 g/mol. The van der Waals surface area contributed by atoms with Crippen LogP contribution in [0.3, 0.4) is 0 Å². The van der Waals surface area contributed by atoms with Crippen LogP contribution in [0.4, 0.5) is 0 Å². The molecule has 1 saturated heterocycles. The number of nitrogens with zero attached hydrogens (tertiary/aromatic N) is 2. The topological polar surface area (TPSA) is 49.6 Å². The molecule has 0 bridgehead atoms. The van der Waals surface area contributed by atoms with Crippen molar-refractivity contribution in [2.75, 3.05) is 26.7 Å². The van der Waals surface area contributed by atoms with E-state index in [4.69, 9.17) is 5.73 Å². The molecule has 2 rings (SSSR count). The van der Waals surface area contributed by atoms with E-state index in [1.54, 1.807) is 0 Å². The molecule has 0 radical (unpaired) electrons. The van der Waals surface area contributed by atoms with Gasteiger partial charge in [-0.15, -0.1) is 0 Å². The van der Waals surface area contributed by atoms with Gasteiger partial charge in [0.25, 0.3) is 0 Å². The van der Waals surface area contributed by atoms with Crippen molar-refractivity contribution in [3.8, 4) is 0 Å². The highest BCUT2D eigenvalue weighted by molar-refractivity contribution is 5.82. The zero-order chi connectivity index (χ0) is 13.0. The highest BCUT2D eigenvalue weighted by Crippen LogP contribution is 2.27. The van der Waals surface area contributed by atoms with E-state index in [0.29, 0.717) is 12.6 Å². The first kappa shape index (κ1) is 13.8. The van der Waals surface area contributed by atoms with Gasteiger partial charge in [0.05, 0.1) is 6.04 Å². The molecule has 4 nitrogen and oxygen atoms in total. The maximum Gasteiger partial charge on any atom is 0.239 e. The molecule has 2 N–H and O–H groups in total. The van der Waals surface area contributed by atoms with Crippen molar-refractivity contribution in [3.05, 3.63) is 0 Å². The molecule has 2 aliphatic rings. The molecule has 4 heteroatoms. The predicted molar refractivity (Wildman–Crippen MR) is 73.3 cm³/mol. The summed E-state index contributed by atoms with van der Waals surface area (Å²) in [5.41, 5.74) is 5.71. The molecule has 1 saturated carbocycles. The van der Waals surface area contributed by atoms with Gasteiger partial charge in [0.1, 0.15) is 0 Å². The fourth-order valence-corrected chi connectivity index (χ4v) is 3.45. The molecule has 2 fully saturated rings. The second kappa shape index (κ2) is 6.53. The van der Waals surface area contributed by atoms with E-state index in [2.05, 4.69) is 4.90 Å². The maximum atomic E-state index is 12.4. The molecule has 18 heavy (non-hydrogen) atoms. The first-order chi connectivity index (χ1) is 8.74. The Hall–Kier alpha value is -0.610.